The molecule has 0 aliphatic carbocycles. The molecule has 1 heterocycles. The van der Waals surface area contributed by atoms with Crippen LogP contribution >= 0.6 is 11.3 Å². The first-order valence-corrected chi connectivity index (χ1v) is 7.96. The molecule has 0 spiro atoms. The van der Waals surface area contributed by atoms with E-state index in [-0.39, 0.29) is 11.8 Å². The fourth-order valence-electron chi connectivity index (χ4n) is 2.54. The summed E-state index contributed by atoms with van der Waals surface area (Å²) in [5, 5.41) is 7.80. The lowest BCUT2D eigenvalue weighted by molar-refractivity contribution is -0.115. The Hall–Kier alpha value is -2.14. The summed E-state index contributed by atoms with van der Waals surface area (Å²) in [7, 11) is 1.57. The maximum absolute atomic E-state index is 12.3. The van der Waals surface area contributed by atoms with E-state index >= 15 is 0 Å². The molecule has 0 aliphatic rings. The van der Waals surface area contributed by atoms with Crippen molar-refractivity contribution in [1.82, 2.24) is 5.32 Å². The summed E-state index contributed by atoms with van der Waals surface area (Å²) < 4.78 is 0. The topological polar surface area (TPSA) is 58.2 Å². The van der Waals surface area contributed by atoms with Crippen LogP contribution in [0.2, 0.25) is 0 Å². The second-order valence-corrected chi connectivity index (χ2v) is 6.26. The standard InChI is InChI=1S/C17H20N2O2S/c1-10-7-11(2)14(12(3)8-10)9-15(20)19-17-13(5-6-22-17)16(21)18-4/h5-8H,9H2,1-4H3,(H,18,21)(H,19,20). The van der Waals surface area contributed by atoms with Crippen LogP contribution in [0.15, 0.2) is 23.6 Å². The van der Waals surface area contributed by atoms with Gasteiger partial charge in [0.15, 0.2) is 0 Å². The van der Waals surface area contributed by atoms with Crippen molar-refractivity contribution in [3.8, 4) is 0 Å². The van der Waals surface area contributed by atoms with Crippen molar-refractivity contribution in [2.45, 2.75) is 27.2 Å². The summed E-state index contributed by atoms with van der Waals surface area (Å²) in [6.07, 6.45) is 0.309. The van der Waals surface area contributed by atoms with Crippen LogP contribution in [0.3, 0.4) is 0 Å². The largest absolute Gasteiger partial charge is 0.355 e. The second kappa shape index (κ2) is 6.75. The monoisotopic (exact) mass is 316 g/mol. The summed E-state index contributed by atoms with van der Waals surface area (Å²) in [4.78, 5) is 24.0. The molecule has 2 N–H and O–H groups in total. The smallest absolute Gasteiger partial charge is 0.254 e. The highest BCUT2D eigenvalue weighted by molar-refractivity contribution is 7.14. The quantitative estimate of drug-likeness (QED) is 0.910. The molecule has 0 saturated heterocycles. The van der Waals surface area contributed by atoms with Gasteiger partial charge in [-0.25, -0.2) is 0 Å². The molecule has 1 aromatic heterocycles. The number of hydrogen-bond donors (Lipinski definition) is 2. The van der Waals surface area contributed by atoms with Crippen molar-refractivity contribution in [2.75, 3.05) is 12.4 Å². The molecule has 22 heavy (non-hydrogen) atoms. The molecular weight excluding hydrogens is 296 g/mol. The maximum atomic E-state index is 12.3. The van der Waals surface area contributed by atoms with Gasteiger partial charge in [0.2, 0.25) is 5.91 Å². The highest BCUT2D eigenvalue weighted by Gasteiger charge is 2.15. The van der Waals surface area contributed by atoms with Gasteiger partial charge in [-0.1, -0.05) is 17.7 Å². The highest BCUT2D eigenvalue weighted by Crippen LogP contribution is 2.24. The number of hydrogen-bond acceptors (Lipinski definition) is 3. The Balaban J connectivity index is 2.15. The van der Waals surface area contributed by atoms with E-state index < -0.39 is 0 Å². The Morgan fingerprint density at radius 3 is 2.36 bits per heavy atom. The highest BCUT2D eigenvalue weighted by atomic mass is 32.1. The van der Waals surface area contributed by atoms with Crippen LogP contribution in [0.25, 0.3) is 0 Å². The minimum absolute atomic E-state index is 0.109. The van der Waals surface area contributed by atoms with Gasteiger partial charge in [0, 0.05) is 7.05 Å². The lowest BCUT2D eigenvalue weighted by Gasteiger charge is -2.11. The molecule has 2 rings (SSSR count). The summed E-state index contributed by atoms with van der Waals surface area (Å²) >= 11 is 1.35. The van der Waals surface area contributed by atoms with Crippen molar-refractivity contribution in [3.05, 3.63) is 51.4 Å². The number of benzene rings is 1. The number of aryl methyl sites for hydroxylation is 3. The molecule has 0 saturated carbocycles. The molecule has 0 atom stereocenters. The first-order chi connectivity index (χ1) is 10.4. The molecule has 0 unspecified atom stereocenters. The lowest BCUT2D eigenvalue weighted by atomic mass is 9.97. The van der Waals surface area contributed by atoms with E-state index in [2.05, 4.69) is 22.8 Å². The maximum Gasteiger partial charge on any atom is 0.254 e. The summed E-state index contributed by atoms with van der Waals surface area (Å²) in [5.74, 6) is -0.304. The van der Waals surface area contributed by atoms with E-state index in [9.17, 15) is 9.59 Å². The molecular formula is C17H20N2O2S. The van der Waals surface area contributed by atoms with Gasteiger partial charge in [-0.2, -0.15) is 0 Å². The molecule has 0 fully saturated rings. The van der Waals surface area contributed by atoms with Crippen LogP contribution in [0.5, 0.6) is 0 Å². The van der Waals surface area contributed by atoms with Crippen LogP contribution in [0.4, 0.5) is 5.00 Å². The van der Waals surface area contributed by atoms with Crippen LogP contribution in [-0.4, -0.2) is 18.9 Å². The molecule has 116 valence electrons. The molecule has 2 aromatic rings. The van der Waals surface area contributed by atoms with Gasteiger partial charge in [0.1, 0.15) is 5.00 Å². The Labute approximate surface area is 134 Å². The lowest BCUT2D eigenvalue weighted by Crippen LogP contribution is -2.21. The third kappa shape index (κ3) is 3.54. The molecule has 0 radical (unpaired) electrons. The molecule has 5 heteroatoms. The van der Waals surface area contributed by atoms with Crippen molar-refractivity contribution in [2.24, 2.45) is 0 Å². The van der Waals surface area contributed by atoms with Gasteiger partial charge in [-0.15, -0.1) is 11.3 Å². The predicted octanol–water partition coefficient (Wildman–Crippen LogP) is 3.21. The van der Waals surface area contributed by atoms with Crippen LogP contribution < -0.4 is 10.6 Å². The fourth-order valence-corrected chi connectivity index (χ4v) is 3.34. The van der Waals surface area contributed by atoms with Gasteiger partial charge >= 0.3 is 0 Å². The molecule has 4 nitrogen and oxygen atoms in total. The van der Waals surface area contributed by atoms with Crippen LogP contribution in [0.1, 0.15) is 32.6 Å². The molecule has 2 amide bonds. The minimum atomic E-state index is -0.195. The average Bonchev–Trinajstić information content (AvgIpc) is 2.90. The number of thiophene rings is 1. The van der Waals surface area contributed by atoms with Gasteiger partial charge < -0.3 is 10.6 Å². The number of carbonyl (C=O) groups excluding carboxylic acids is 2. The van der Waals surface area contributed by atoms with Crippen LogP contribution in [-0.2, 0) is 11.2 Å². The van der Waals surface area contributed by atoms with E-state index in [1.807, 2.05) is 20.8 Å². The Kier molecular flexibility index (Phi) is 4.98. The third-order valence-electron chi connectivity index (χ3n) is 3.57. The third-order valence-corrected chi connectivity index (χ3v) is 4.40. The van der Waals surface area contributed by atoms with Crippen LogP contribution in [0, 0.1) is 20.8 Å². The van der Waals surface area contributed by atoms with Gasteiger partial charge in [-0.3, -0.25) is 9.59 Å². The van der Waals surface area contributed by atoms with Gasteiger partial charge in [0.05, 0.1) is 12.0 Å². The zero-order valence-electron chi connectivity index (χ0n) is 13.2. The van der Waals surface area contributed by atoms with Crippen molar-refractivity contribution in [1.29, 1.82) is 0 Å². The van der Waals surface area contributed by atoms with E-state index in [0.29, 0.717) is 17.0 Å². The zero-order chi connectivity index (χ0) is 16.3. The zero-order valence-corrected chi connectivity index (χ0v) is 14.1. The SMILES string of the molecule is CNC(=O)c1ccsc1NC(=O)Cc1c(C)cc(C)cc1C. The van der Waals surface area contributed by atoms with Crippen molar-refractivity contribution < 1.29 is 9.59 Å². The van der Waals surface area contributed by atoms with Gasteiger partial charge in [0.25, 0.3) is 5.91 Å². The fraction of sp³-hybridized carbons (Fsp3) is 0.294. The first-order valence-electron chi connectivity index (χ1n) is 7.08. The number of amides is 2. The number of nitrogens with one attached hydrogen (secondary N) is 2. The van der Waals surface area contributed by atoms with Crippen molar-refractivity contribution >= 4 is 28.2 Å². The normalized spacial score (nSPS) is 10.4. The predicted molar refractivity (Wildman–Crippen MR) is 90.7 cm³/mol. The summed E-state index contributed by atoms with van der Waals surface area (Å²) in [6.45, 7) is 6.08. The first kappa shape index (κ1) is 16.2. The van der Waals surface area contributed by atoms with E-state index in [0.717, 1.165) is 16.7 Å². The number of rotatable bonds is 4. The van der Waals surface area contributed by atoms with E-state index in [1.165, 1.54) is 16.9 Å². The van der Waals surface area contributed by atoms with Crippen molar-refractivity contribution in [3.63, 3.8) is 0 Å². The van der Waals surface area contributed by atoms with E-state index in [1.54, 1.807) is 18.5 Å². The summed E-state index contributed by atoms with van der Waals surface area (Å²) in [5.41, 5.74) is 4.97. The summed E-state index contributed by atoms with van der Waals surface area (Å²) in [6, 6.07) is 5.87. The second-order valence-electron chi connectivity index (χ2n) is 5.34. The number of anilines is 1. The van der Waals surface area contributed by atoms with Gasteiger partial charge in [-0.05, 0) is 48.9 Å². The molecule has 1 aromatic carbocycles. The molecule has 0 bridgehead atoms. The Morgan fingerprint density at radius 1 is 1.14 bits per heavy atom. The minimum Gasteiger partial charge on any atom is -0.355 e. The van der Waals surface area contributed by atoms with E-state index in [4.69, 9.17) is 0 Å². The Morgan fingerprint density at radius 2 is 1.77 bits per heavy atom. The Bertz CT molecular complexity index is 696. The molecule has 0 aliphatic heterocycles. The average molecular weight is 316 g/mol. The number of carbonyl (C=O) groups is 2.